The summed E-state index contributed by atoms with van der Waals surface area (Å²) in [5, 5.41) is 13.1. The number of aliphatic hydroxyl groups is 1. The van der Waals surface area contributed by atoms with Crippen LogP contribution in [0.3, 0.4) is 0 Å². The largest absolute Gasteiger partial charge is 0.393 e. The molecule has 1 rings (SSSR count). The number of rotatable bonds is 6. The van der Waals surface area contributed by atoms with Gasteiger partial charge in [0.2, 0.25) is 0 Å². The molecule has 2 N–H and O–H groups in total. The van der Waals surface area contributed by atoms with Gasteiger partial charge in [0.1, 0.15) is 0 Å². The molecule has 0 aliphatic rings. The third-order valence-electron chi connectivity index (χ3n) is 3.42. The Morgan fingerprint density at radius 2 is 1.94 bits per heavy atom. The van der Waals surface area contributed by atoms with Crippen LogP contribution in [0.2, 0.25) is 0 Å². The first-order chi connectivity index (χ1) is 8.02. The summed E-state index contributed by atoms with van der Waals surface area (Å²) in [6.07, 6.45) is 0.629. The molecule has 0 saturated heterocycles. The van der Waals surface area contributed by atoms with Crippen molar-refractivity contribution in [3.05, 3.63) is 34.9 Å². The summed E-state index contributed by atoms with van der Waals surface area (Å²) in [5.74, 6) is 0.345. The van der Waals surface area contributed by atoms with Crippen molar-refractivity contribution in [2.75, 3.05) is 6.54 Å². The third-order valence-corrected chi connectivity index (χ3v) is 3.42. The predicted octanol–water partition coefficient (Wildman–Crippen LogP) is 2.80. The van der Waals surface area contributed by atoms with E-state index in [1.54, 1.807) is 0 Å². The van der Waals surface area contributed by atoms with Gasteiger partial charge in [-0.25, -0.2) is 0 Å². The van der Waals surface area contributed by atoms with Crippen LogP contribution in [-0.2, 0) is 6.54 Å². The molecule has 1 atom stereocenters. The maximum Gasteiger partial charge on any atom is 0.0575 e. The molecule has 0 bridgehead atoms. The summed E-state index contributed by atoms with van der Waals surface area (Å²) in [4.78, 5) is 0. The Balaban J connectivity index is 2.34. The Labute approximate surface area is 105 Å². The highest BCUT2D eigenvalue weighted by Crippen LogP contribution is 2.12. The Bertz CT molecular complexity index is 347. The molecule has 2 nitrogen and oxygen atoms in total. The van der Waals surface area contributed by atoms with Crippen molar-refractivity contribution in [1.82, 2.24) is 5.32 Å². The average molecular weight is 235 g/mol. The van der Waals surface area contributed by atoms with E-state index in [9.17, 15) is 5.11 Å². The van der Waals surface area contributed by atoms with E-state index in [4.69, 9.17) is 0 Å². The minimum Gasteiger partial charge on any atom is -0.393 e. The molecule has 1 aromatic carbocycles. The van der Waals surface area contributed by atoms with E-state index in [2.05, 4.69) is 51.2 Å². The van der Waals surface area contributed by atoms with Gasteiger partial charge in [0.05, 0.1) is 6.10 Å². The standard InChI is InChI=1S/C15H25NO/c1-11(2)15(17)8-9-16-10-14-7-5-6-12(3)13(14)4/h5-7,11,15-17H,8-10H2,1-4H3. The normalized spacial score (nSPS) is 13.1. The number of aryl methyl sites for hydroxylation is 1. The van der Waals surface area contributed by atoms with Gasteiger partial charge in [-0.3, -0.25) is 0 Å². The molecule has 17 heavy (non-hydrogen) atoms. The van der Waals surface area contributed by atoms with E-state index in [1.807, 2.05) is 0 Å². The van der Waals surface area contributed by atoms with Crippen LogP contribution in [0.25, 0.3) is 0 Å². The molecule has 0 aromatic heterocycles. The molecule has 96 valence electrons. The maximum absolute atomic E-state index is 9.68. The fourth-order valence-corrected chi connectivity index (χ4v) is 1.81. The van der Waals surface area contributed by atoms with Gasteiger partial charge >= 0.3 is 0 Å². The van der Waals surface area contributed by atoms with E-state index in [0.29, 0.717) is 5.92 Å². The van der Waals surface area contributed by atoms with Crippen molar-refractivity contribution < 1.29 is 5.11 Å². The van der Waals surface area contributed by atoms with Crippen molar-refractivity contribution in [2.24, 2.45) is 5.92 Å². The molecule has 0 spiro atoms. The number of nitrogens with one attached hydrogen (secondary N) is 1. The van der Waals surface area contributed by atoms with E-state index < -0.39 is 0 Å². The summed E-state index contributed by atoms with van der Waals surface area (Å²) < 4.78 is 0. The summed E-state index contributed by atoms with van der Waals surface area (Å²) >= 11 is 0. The van der Waals surface area contributed by atoms with Gasteiger partial charge < -0.3 is 10.4 Å². The molecular weight excluding hydrogens is 210 g/mol. The molecule has 0 radical (unpaired) electrons. The van der Waals surface area contributed by atoms with Gasteiger partial charge in [-0.15, -0.1) is 0 Å². The van der Waals surface area contributed by atoms with Crippen LogP contribution in [-0.4, -0.2) is 17.8 Å². The monoisotopic (exact) mass is 235 g/mol. The number of hydrogen-bond donors (Lipinski definition) is 2. The maximum atomic E-state index is 9.68. The SMILES string of the molecule is Cc1cccc(CNCCC(O)C(C)C)c1C. The quantitative estimate of drug-likeness (QED) is 0.743. The van der Waals surface area contributed by atoms with Crippen molar-refractivity contribution in [1.29, 1.82) is 0 Å². The van der Waals surface area contributed by atoms with Crippen LogP contribution < -0.4 is 5.32 Å². The lowest BCUT2D eigenvalue weighted by Crippen LogP contribution is -2.23. The molecule has 1 unspecified atom stereocenters. The predicted molar refractivity (Wildman–Crippen MR) is 73.1 cm³/mol. The summed E-state index contributed by atoms with van der Waals surface area (Å²) in [7, 11) is 0. The van der Waals surface area contributed by atoms with E-state index in [-0.39, 0.29) is 6.10 Å². The number of hydrogen-bond acceptors (Lipinski definition) is 2. The van der Waals surface area contributed by atoms with Gasteiger partial charge in [0.15, 0.2) is 0 Å². The second-order valence-corrected chi connectivity index (χ2v) is 5.14. The first-order valence-electron chi connectivity index (χ1n) is 6.46. The van der Waals surface area contributed by atoms with E-state index >= 15 is 0 Å². The van der Waals surface area contributed by atoms with Gasteiger partial charge in [0, 0.05) is 6.54 Å². The lowest BCUT2D eigenvalue weighted by Gasteiger charge is -2.15. The second-order valence-electron chi connectivity index (χ2n) is 5.14. The Morgan fingerprint density at radius 3 is 2.59 bits per heavy atom. The molecular formula is C15H25NO. The van der Waals surface area contributed by atoms with Crippen molar-refractivity contribution in [2.45, 2.75) is 46.8 Å². The molecule has 0 aliphatic heterocycles. The van der Waals surface area contributed by atoms with Crippen molar-refractivity contribution in [3.63, 3.8) is 0 Å². The van der Waals surface area contributed by atoms with Gasteiger partial charge in [-0.05, 0) is 49.4 Å². The third kappa shape index (κ3) is 4.49. The van der Waals surface area contributed by atoms with Crippen LogP contribution in [0, 0.1) is 19.8 Å². The molecule has 2 heteroatoms. The van der Waals surface area contributed by atoms with Crippen LogP contribution in [0.4, 0.5) is 0 Å². The molecule has 1 aromatic rings. The van der Waals surface area contributed by atoms with Crippen molar-refractivity contribution in [3.8, 4) is 0 Å². The highest BCUT2D eigenvalue weighted by molar-refractivity contribution is 5.32. The Hall–Kier alpha value is -0.860. The van der Waals surface area contributed by atoms with Gasteiger partial charge in [-0.2, -0.15) is 0 Å². The van der Waals surface area contributed by atoms with Crippen LogP contribution in [0.1, 0.15) is 37.0 Å². The number of benzene rings is 1. The lowest BCUT2D eigenvalue weighted by atomic mass is 10.0. The summed E-state index contributed by atoms with van der Waals surface area (Å²) in [6.45, 7) is 10.2. The van der Waals surface area contributed by atoms with Crippen LogP contribution in [0.15, 0.2) is 18.2 Å². The number of aliphatic hydroxyl groups excluding tert-OH is 1. The van der Waals surface area contributed by atoms with Gasteiger partial charge in [0.25, 0.3) is 0 Å². The minimum absolute atomic E-state index is 0.193. The Morgan fingerprint density at radius 1 is 1.24 bits per heavy atom. The molecule has 0 saturated carbocycles. The highest BCUT2D eigenvalue weighted by atomic mass is 16.3. The zero-order chi connectivity index (χ0) is 12.8. The fraction of sp³-hybridized carbons (Fsp3) is 0.600. The Kier molecular flexibility index (Phi) is 5.66. The zero-order valence-corrected chi connectivity index (χ0v) is 11.5. The lowest BCUT2D eigenvalue weighted by molar-refractivity contribution is 0.116. The molecule has 0 heterocycles. The summed E-state index contributed by atoms with van der Waals surface area (Å²) in [5.41, 5.74) is 4.06. The summed E-state index contributed by atoms with van der Waals surface area (Å²) in [6, 6.07) is 6.40. The topological polar surface area (TPSA) is 32.3 Å². The van der Waals surface area contributed by atoms with Crippen LogP contribution in [0.5, 0.6) is 0 Å². The molecule has 0 aliphatic carbocycles. The second kappa shape index (κ2) is 6.77. The minimum atomic E-state index is -0.193. The highest BCUT2D eigenvalue weighted by Gasteiger charge is 2.08. The van der Waals surface area contributed by atoms with E-state index in [0.717, 1.165) is 19.5 Å². The molecule has 0 amide bonds. The van der Waals surface area contributed by atoms with E-state index in [1.165, 1.54) is 16.7 Å². The first-order valence-corrected chi connectivity index (χ1v) is 6.46. The van der Waals surface area contributed by atoms with Crippen LogP contribution >= 0.6 is 0 Å². The first kappa shape index (κ1) is 14.2. The zero-order valence-electron chi connectivity index (χ0n) is 11.5. The fourth-order valence-electron chi connectivity index (χ4n) is 1.81. The van der Waals surface area contributed by atoms with Gasteiger partial charge in [-0.1, -0.05) is 32.0 Å². The smallest absolute Gasteiger partial charge is 0.0575 e. The van der Waals surface area contributed by atoms with Crippen molar-refractivity contribution >= 4 is 0 Å². The average Bonchev–Trinajstić information content (AvgIpc) is 2.29. The molecule has 0 fully saturated rings.